The van der Waals surface area contributed by atoms with E-state index < -0.39 is 10.0 Å². The van der Waals surface area contributed by atoms with Gasteiger partial charge in [-0.1, -0.05) is 18.2 Å². The summed E-state index contributed by atoms with van der Waals surface area (Å²) < 4.78 is 23.0. The first-order chi connectivity index (χ1) is 8.88. The molecule has 0 saturated carbocycles. The van der Waals surface area contributed by atoms with Crippen LogP contribution >= 0.6 is 0 Å². The highest BCUT2D eigenvalue weighted by Crippen LogP contribution is 2.28. The van der Waals surface area contributed by atoms with Crippen molar-refractivity contribution >= 4 is 27.1 Å². The molecule has 2 aromatic rings. The van der Waals surface area contributed by atoms with Gasteiger partial charge in [-0.25, -0.2) is 13.6 Å². The maximum Gasteiger partial charge on any atom is 0.238 e. The van der Waals surface area contributed by atoms with Crippen LogP contribution in [0, 0.1) is 6.92 Å². The third-order valence-electron chi connectivity index (χ3n) is 2.74. The molecule has 0 bridgehead atoms. The Hall–Kier alpha value is -2.05. The average molecular weight is 277 g/mol. The van der Waals surface area contributed by atoms with E-state index in [4.69, 9.17) is 10.9 Å². The van der Waals surface area contributed by atoms with Gasteiger partial charge in [0.05, 0.1) is 4.90 Å². The third-order valence-corrected chi connectivity index (χ3v) is 3.78. The quantitative estimate of drug-likeness (QED) is 0.747. The summed E-state index contributed by atoms with van der Waals surface area (Å²) in [5.41, 5.74) is 8.07. The highest BCUT2D eigenvalue weighted by Gasteiger charge is 2.15. The number of primary sulfonamides is 1. The van der Waals surface area contributed by atoms with E-state index in [2.05, 4.69) is 5.32 Å². The fourth-order valence-electron chi connectivity index (χ4n) is 1.81. The number of hydrogen-bond acceptors (Lipinski definition) is 4. The molecule has 0 unspecified atom stereocenters. The molecule has 0 saturated heterocycles. The minimum Gasteiger partial charge on any atom is -0.399 e. The van der Waals surface area contributed by atoms with Crippen molar-refractivity contribution in [2.75, 3.05) is 11.1 Å². The molecular formula is C13H15N3O2S. The molecule has 0 heterocycles. The first-order valence-corrected chi connectivity index (χ1v) is 7.17. The summed E-state index contributed by atoms with van der Waals surface area (Å²) in [5, 5.41) is 8.30. The number of hydrogen-bond donors (Lipinski definition) is 3. The Morgan fingerprint density at radius 1 is 1.11 bits per heavy atom. The molecule has 0 radical (unpaired) electrons. The zero-order chi connectivity index (χ0) is 14.0. The summed E-state index contributed by atoms with van der Waals surface area (Å²) in [6.07, 6.45) is 0. The highest BCUT2D eigenvalue weighted by atomic mass is 32.2. The predicted octanol–water partition coefficient (Wildman–Crippen LogP) is 1.97. The molecule has 2 rings (SSSR count). The van der Waals surface area contributed by atoms with Crippen LogP contribution in [0.15, 0.2) is 47.4 Å². The molecule has 5 nitrogen and oxygen atoms in total. The number of rotatable bonds is 3. The Kier molecular flexibility index (Phi) is 3.46. The summed E-state index contributed by atoms with van der Waals surface area (Å²) >= 11 is 0. The lowest BCUT2D eigenvalue weighted by Gasteiger charge is -2.13. The molecule has 0 spiro atoms. The summed E-state index contributed by atoms with van der Waals surface area (Å²) in [6.45, 7) is 1.68. The smallest absolute Gasteiger partial charge is 0.238 e. The second-order valence-electron chi connectivity index (χ2n) is 4.23. The van der Waals surface area contributed by atoms with E-state index >= 15 is 0 Å². The van der Waals surface area contributed by atoms with Crippen molar-refractivity contribution < 1.29 is 8.42 Å². The molecule has 6 heteroatoms. The molecular weight excluding hydrogens is 262 g/mol. The van der Waals surface area contributed by atoms with E-state index in [9.17, 15) is 8.42 Å². The molecule has 0 atom stereocenters. The molecule has 5 N–H and O–H groups in total. The largest absolute Gasteiger partial charge is 0.399 e. The molecule has 0 amide bonds. The number of nitrogens with one attached hydrogen (secondary N) is 1. The number of sulfonamides is 1. The summed E-state index contributed by atoms with van der Waals surface area (Å²) in [4.78, 5) is 0.0333. The fourth-order valence-corrected chi connectivity index (χ4v) is 2.65. The lowest BCUT2D eigenvalue weighted by molar-refractivity contribution is 0.597. The van der Waals surface area contributed by atoms with Crippen LogP contribution in [-0.2, 0) is 10.0 Å². The van der Waals surface area contributed by atoms with Gasteiger partial charge in [-0.05, 0) is 36.8 Å². The van der Waals surface area contributed by atoms with Crippen LogP contribution < -0.4 is 16.2 Å². The van der Waals surface area contributed by atoms with Gasteiger partial charge >= 0.3 is 0 Å². The Morgan fingerprint density at radius 3 is 2.32 bits per heavy atom. The first kappa shape index (κ1) is 13.4. The average Bonchev–Trinajstić information content (AvgIpc) is 2.33. The Morgan fingerprint density at radius 2 is 1.74 bits per heavy atom. The number of nitrogen functional groups attached to an aromatic ring is 1. The lowest BCUT2D eigenvalue weighted by atomic mass is 10.1. The molecule has 0 aromatic heterocycles. The van der Waals surface area contributed by atoms with Gasteiger partial charge in [-0.3, -0.25) is 0 Å². The van der Waals surface area contributed by atoms with E-state index in [0.29, 0.717) is 16.9 Å². The fraction of sp³-hybridized carbons (Fsp3) is 0.0769. The Labute approximate surface area is 112 Å². The van der Waals surface area contributed by atoms with Gasteiger partial charge in [0.2, 0.25) is 10.0 Å². The maximum absolute atomic E-state index is 11.5. The molecule has 0 aliphatic rings. The van der Waals surface area contributed by atoms with E-state index in [0.717, 1.165) is 5.69 Å². The summed E-state index contributed by atoms with van der Waals surface area (Å²) in [5.74, 6) is 0. The predicted molar refractivity (Wildman–Crippen MR) is 76.7 cm³/mol. The van der Waals surface area contributed by atoms with Gasteiger partial charge in [-0.2, -0.15) is 0 Å². The van der Waals surface area contributed by atoms with Crippen LogP contribution in [0.4, 0.5) is 17.1 Å². The van der Waals surface area contributed by atoms with Crippen LogP contribution in [0.5, 0.6) is 0 Å². The van der Waals surface area contributed by atoms with Crippen LogP contribution in [0.25, 0.3) is 0 Å². The van der Waals surface area contributed by atoms with Gasteiger partial charge in [0.15, 0.2) is 0 Å². The van der Waals surface area contributed by atoms with Gasteiger partial charge in [0, 0.05) is 17.1 Å². The van der Waals surface area contributed by atoms with Gasteiger partial charge in [-0.15, -0.1) is 0 Å². The second kappa shape index (κ2) is 4.91. The van der Waals surface area contributed by atoms with Crippen molar-refractivity contribution in [1.82, 2.24) is 0 Å². The van der Waals surface area contributed by atoms with Crippen molar-refractivity contribution in [1.29, 1.82) is 0 Å². The lowest BCUT2D eigenvalue weighted by Crippen LogP contribution is -2.15. The van der Waals surface area contributed by atoms with E-state index in [1.807, 2.05) is 30.3 Å². The van der Waals surface area contributed by atoms with Crippen LogP contribution in [0.3, 0.4) is 0 Å². The van der Waals surface area contributed by atoms with Crippen molar-refractivity contribution in [3.63, 3.8) is 0 Å². The van der Waals surface area contributed by atoms with E-state index in [1.165, 1.54) is 6.07 Å². The van der Waals surface area contributed by atoms with Crippen LogP contribution in [0.1, 0.15) is 5.56 Å². The van der Waals surface area contributed by atoms with Crippen LogP contribution in [-0.4, -0.2) is 8.42 Å². The zero-order valence-electron chi connectivity index (χ0n) is 10.4. The van der Waals surface area contributed by atoms with Gasteiger partial charge in [0.1, 0.15) is 0 Å². The normalized spacial score (nSPS) is 11.3. The molecule has 0 fully saturated rings. The van der Waals surface area contributed by atoms with Gasteiger partial charge in [0.25, 0.3) is 0 Å². The van der Waals surface area contributed by atoms with Crippen molar-refractivity contribution in [3.05, 3.63) is 48.0 Å². The molecule has 0 aliphatic heterocycles. The SMILES string of the molecule is Cc1c(Nc2ccccc2)cc(N)cc1S(N)(=O)=O. The van der Waals surface area contributed by atoms with Crippen molar-refractivity contribution in [3.8, 4) is 0 Å². The molecule has 19 heavy (non-hydrogen) atoms. The highest BCUT2D eigenvalue weighted by molar-refractivity contribution is 7.89. The Balaban J connectivity index is 2.50. The number of benzene rings is 2. The minimum absolute atomic E-state index is 0.0333. The summed E-state index contributed by atoms with van der Waals surface area (Å²) in [6, 6.07) is 12.4. The Bertz CT molecular complexity index is 697. The molecule has 2 aromatic carbocycles. The van der Waals surface area contributed by atoms with E-state index in [-0.39, 0.29) is 4.90 Å². The van der Waals surface area contributed by atoms with Crippen LogP contribution in [0.2, 0.25) is 0 Å². The minimum atomic E-state index is -3.79. The van der Waals surface area contributed by atoms with Gasteiger partial charge < -0.3 is 11.1 Å². The first-order valence-electron chi connectivity index (χ1n) is 5.63. The standard InChI is InChI=1S/C13H15N3O2S/c1-9-12(16-11-5-3-2-4-6-11)7-10(14)8-13(9)19(15,17)18/h2-8,16H,14H2,1H3,(H2,15,17,18). The van der Waals surface area contributed by atoms with Crippen molar-refractivity contribution in [2.24, 2.45) is 5.14 Å². The third kappa shape index (κ3) is 3.04. The topological polar surface area (TPSA) is 98.2 Å². The monoisotopic (exact) mass is 277 g/mol. The number of nitrogens with two attached hydrogens (primary N) is 2. The molecule has 0 aliphatic carbocycles. The van der Waals surface area contributed by atoms with Crippen molar-refractivity contribution in [2.45, 2.75) is 11.8 Å². The number of anilines is 3. The second-order valence-corrected chi connectivity index (χ2v) is 5.76. The summed E-state index contributed by atoms with van der Waals surface area (Å²) in [7, 11) is -3.79. The zero-order valence-corrected chi connectivity index (χ0v) is 11.2. The molecule has 100 valence electrons. The maximum atomic E-state index is 11.5. The van der Waals surface area contributed by atoms with E-state index in [1.54, 1.807) is 13.0 Å². The number of para-hydroxylation sites is 1.